The standard InChI is InChI=1S/C20H19F4N5O2/c1-10-8-31-19(2,3)18(30)28(10)15-6-11(4-5-13(15)21)14-7-12(20(22,23)24)16-17(25)26-9-27-29(14)16/h4-7,9-10H,8H2,1-3H3,(H2,25,26,27). The molecule has 3 heterocycles. The van der Waals surface area contributed by atoms with Gasteiger partial charge in [0, 0.05) is 5.56 Å². The number of ether oxygens (including phenoxy) is 1. The molecule has 1 unspecified atom stereocenters. The molecule has 2 aromatic heterocycles. The van der Waals surface area contributed by atoms with Gasteiger partial charge in [0.05, 0.1) is 29.6 Å². The molecule has 0 aliphatic carbocycles. The van der Waals surface area contributed by atoms with Crippen molar-refractivity contribution < 1.29 is 27.1 Å². The Bertz CT molecular complexity index is 1190. The molecule has 1 saturated heterocycles. The van der Waals surface area contributed by atoms with Crippen molar-refractivity contribution in [2.24, 2.45) is 0 Å². The van der Waals surface area contributed by atoms with E-state index in [4.69, 9.17) is 10.5 Å². The average Bonchev–Trinajstić information content (AvgIpc) is 3.08. The Kier molecular flexibility index (Phi) is 4.69. The van der Waals surface area contributed by atoms with Gasteiger partial charge in [-0.25, -0.2) is 13.9 Å². The zero-order valence-electron chi connectivity index (χ0n) is 16.9. The number of anilines is 2. The van der Waals surface area contributed by atoms with E-state index in [1.807, 2.05) is 0 Å². The lowest BCUT2D eigenvalue weighted by Crippen LogP contribution is -2.58. The molecule has 1 aromatic carbocycles. The van der Waals surface area contributed by atoms with Gasteiger partial charge in [0.15, 0.2) is 5.82 Å². The smallest absolute Gasteiger partial charge is 0.382 e. The summed E-state index contributed by atoms with van der Waals surface area (Å²) in [6.45, 7) is 5.03. The zero-order valence-corrected chi connectivity index (χ0v) is 16.9. The Balaban J connectivity index is 1.92. The maximum atomic E-state index is 14.8. The lowest BCUT2D eigenvalue weighted by atomic mass is 10.0. The monoisotopic (exact) mass is 437 g/mol. The van der Waals surface area contributed by atoms with Gasteiger partial charge in [-0.3, -0.25) is 4.79 Å². The van der Waals surface area contributed by atoms with Crippen molar-refractivity contribution in [2.75, 3.05) is 17.2 Å². The first kappa shape index (κ1) is 21.0. The number of nitrogens with zero attached hydrogens (tertiary/aromatic N) is 4. The van der Waals surface area contributed by atoms with Gasteiger partial charge < -0.3 is 15.4 Å². The Morgan fingerprint density at radius 1 is 1.26 bits per heavy atom. The van der Waals surface area contributed by atoms with Crippen LogP contribution in [0.4, 0.5) is 29.1 Å². The van der Waals surface area contributed by atoms with E-state index in [0.717, 1.165) is 23.0 Å². The summed E-state index contributed by atoms with van der Waals surface area (Å²) in [5, 5.41) is 3.90. The number of morpholine rings is 1. The zero-order chi connectivity index (χ0) is 22.7. The van der Waals surface area contributed by atoms with Crippen LogP contribution in [-0.4, -0.2) is 38.8 Å². The molecule has 164 valence electrons. The van der Waals surface area contributed by atoms with E-state index in [1.54, 1.807) is 20.8 Å². The number of hydrogen-bond donors (Lipinski definition) is 1. The predicted octanol–water partition coefficient (Wildman–Crippen LogP) is 3.67. The van der Waals surface area contributed by atoms with Gasteiger partial charge in [-0.15, -0.1) is 0 Å². The molecule has 2 N–H and O–H groups in total. The number of halogens is 4. The number of carbonyl (C=O) groups is 1. The molecule has 0 saturated carbocycles. The van der Waals surface area contributed by atoms with Crippen LogP contribution in [0.25, 0.3) is 16.8 Å². The number of benzene rings is 1. The summed E-state index contributed by atoms with van der Waals surface area (Å²) in [4.78, 5) is 17.8. The highest BCUT2D eigenvalue weighted by atomic mass is 19.4. The maximum absolute atomic E-state index is 14.8. The molecule has 1 atom stereocenters. The van der Waals surface area contributed by atoms with E-state index >= 15 is 0 Å². The fourth-order valence-electron chi connectivity index (χ4n) is 3.65. The van der Waals surface area contributed by atoms with Gasteiger partial charge in [0.2, 0.25) is 0 Å². The summed E-state index contributed by atoms with van der Waals surface area (Å²) < 4.78 is 62.1. The third-order valence-electron chi connectivity index (χ3n) is 5.25. The number of hydrogen-bond acceptors (Lipinski definition) is 5. The van der Waals surface area contributed by atoms with Crippen molar-refractivity contribution in [1.29, 1.82) is 0 Å². The molecule has 3 aromatic rings. The van der Waals surface area contributed by atoms with E-state index in [0.29, 0.717) is 0 Å². The first-order chi connectivity index (χ1) is 14.4. The van der Waals surface area contributed by atoms with E-state index < -0.39 is 40.6 Å². The van der Waals surface area contributed by atoms with Crippen molar-refractivity contribution in [2.45, 2.75) is 38.6 Å². The summed E-state index contributed by atoms with van der Waals surface area (Å²) in [5.74, 6) is -1.48. The second-order valence-corrected chi connectivity index (χ2v) is 7.86. The normalized spacial score (nSPS) is 19.3. The molecule has 1 fully saturated rings. The lowest BCUT2D eigenvalue weighted by molar-refractivity contribution is -0.147. The number of alkyl halides is 3. The molecular weight excluding hydrogens is 418 g/mol. The summed E-state index contributed by atoms with van der Waals surface area (Å²) in [5.41, 5.74) is 3.31. The molecule has 0 radical (unpaired) electrons. The Hall–Kier alpha value is -3.21. The molecule has 1 amide bonds. The van der Waals surface area contributed by atoms with Gasteiger partial charge in [-0.2, -0.15) is 18.3 Å². The van der Waals surface area contributed by atoms with Crippen LogP contribution in [0.2, 0.25) is 0 Å². The van der Waals surface area contributed by atoms with Gasteiger partial charge in [-0.1, -0.05) is 0 Å². The van der Waals surface area contributed by atoms with E-state index in [-0.39, 0.29) is 29.4 Å². The highest BCUT2D eigenvalue weighted by Crippen LogP contribution is 2.40. The second kappa shape index (κ2) is 6.91. The van der Waals surface area contributed by atoms with Gasteiger partial charge >= 0.3 is 6.18 Å². The molecule has 31 heavy (non-hydrogen) atoms. The minimum atomic E-state index is -4.70. The fourth-order valence-corrected chi connectivity index (χ4v) is 3.65. The van der Waals surface area contributed by atoms with E-state index in [9.17, 15) is 22.4 Å². The van der Waals surface area contributed by atoms with Gasteiger partial charge in [0.1, 0.15) is 23.3 Å². The van der Waals surface area contributed by atoms with Gasteiger partial charge in [0.25, 0.3) is 5.91 Å². The largest absolute Gasteiger partial charge is 0.418 e. The summed E-state index contributed by atoms with van der Waals surface area (Å²) in [6.07, 6.45) is -3.67. The van der Waals surface area contributed by atoms with Crippen molar-refractivity contribution >= 4 is 22.9 Å². The maximum Gasteiger partial charge on any atom is 0.418 e. The van der Waals surface area contributed by atoms with Crippen LogP contribution in [-0.2, 0) is 15.7 Å². The number of aromatic nitrogens is 3. The number of amides is 1. The number of rotatable bonds is 2. The summed E-state index contributed by atoms with van der Waals surface area (Å²) >= 11 is 0. The molecular formula is C20H19F4N5O2. The minimum absolute atomic E-state index is 0.0327. The predicted molar refractivity (Wildman–Crippen MR) is 105 cm³/mol. The SMILES string of the molecule is CC1COC(C)(C)C(=O)N1c1cc(-c2cc(C(F)(F)F)c3c(N)ncnn23)ccc1F. The number of carbonyl (C=O) groups excluding carboxylic acids is 1. The third kappa shape index (κ3) is 3.38. The molecule has 0 bridgehead atoms. The molecule has 1 aliphatic heterocycles. The highest BCUT2D eigenvalue weighted by molar-refractivity contribution is 6.00. The molecule has 11 heteroatoms. The Morgan fingerprint density at radius 2 is 1.97 bits per heavy atom. The molecule has 1 aliphatic rings. The number of nitrogen functional groups attached to an aromatic ring is 1. The third-order valence-corrected chi connectivity index (χ3v) is 5.25. The molecule has 4 rings (SSSR count). The van der Waals surface area contributed by atoms with E-state index in [2.05, 4.69) is 10.1 Å². The van der Waals surface area contributed by atoms with Crippen LogP contribution in [0.5, 0.6) is 0 Å². The topological polar surface area (TPSA) is 85.8 Å². The first-order valence-corrected chi connectivity index (χ1v) is 9.39. The van der Waals surface area contributed by atoms with Crippen molar-refractivity contribution in [1.82, 2.24) is 14.6 Å². The Morgan fingerprint density at radius 3 is 2.65 bits per heavy atom. The average molecular weight is 437 g/mol. The van der Waals surface area contributed by atoms with Crippen molar-refractivity contribution in [3.63, 3.8) is 0 Å². The van der Waals surface area contributed by atoms with Crippen LogP contribution in [0, 0.1) is 5.82 Å². The van der Waals surface area contributed by atoms with Crippen molar-refractivity contribution in [3.05, 3.63) is 42.0 Å². The second-order valence-electron chi connectivity index (χ2n) is 7.86. The number of nitrogens with two attached hydrogens (primary N) is 1. The lowest BCUT2D eigenvalue weighted by Gasteiger charge is -2.41. The van der Waals surface area contributed by atoms with Crippen LogP contribution >= 0.6 is 0 Å². The first-order valence-electron chi connectivity index (χ1n) is 9.39. The summed E-state index contributed by atoms with van der Waals surface area (Å²) in [6, 6.07) is 4.15. The summed E-state index contributed by atoms with van der Waals surface area (Å²) in [7, 11) is 0. The van der Waals surface area contributed by atoms with Crippen LogP contribution in [0.1, 0.15) is 26.3 Å². The number of fused-ring (bicyclic) bond motifs is 1. The quantitative estimate of drug-likeness (QED) is 0.619. The molecule has 0 spiro atoms. The van der Waals surface area contributed by atoms with Gasteiger partial charge in [-0.05, 0) is 45.0 Å². The van der Waals surface area contributed by atoms with Crippen LogP contribution < -0.4 is 10.6 Å². The van der Waals surface area contributed by atoms with Crippen LogP contribution in [0.15, 0.2) is 30.6 Å². The minimum Gasteiger partial charge on any atom is -0.382 e. The fraction of sp³-hybridized carbons (Fsp3) is 0.350. The van der Waals surface area contributed by atoms with Crippen LogP contribution in [0.3, 0.4) is 0 Å². The molecule has 7 nitrogen and oxygen atoms in total. The van der Waals surface area contributed by atoms with Crippen molar-refractivity contribution in [3.8, 4) is 11.3 Å². The highest BCUT2D eigenvalue weighted by Gasteiger charge is 2.42. The Labute approximate surface area is 174 Å². The van der Waals surface area contributed by atoms with E-state index in [1.165, 1.54) is 17.0 Å².